The van der Waals surface area contributed by atoms with E-state index in [0.717, 1.165) is 5.03 Å². The summed E-state index contributed by atoms with van der Waals surface area (Å²) in [5.74, 6) is 0. The van der Waals surface area contributed by atoms with Crippen molar-refractivity contribution in [2.75, 3.05) is 5.73 Å². The second-order valence-electron chi connectivity index (χ2n) is 2.70. The fourth-order valence-electron chi connectivity index (χ4n) is 0.966. The number of hydrogen-bond acceptors (Lipinski definition) is 5. The van der Waals surface area contributed by atoms with Crippen LogP contribution in [-0.2, 0) is 0 Å². The molecule has 2 heterocycles. The minimum absolute atomic E-state index is 0.527. The molecule has 2 rings (SSSR count). The first-order valence-corrected chi connectivity index (χ1v) is 5.30. The second-order valence-corrected chi connectivity index (χ2v) is 4.14. The summed E-state index contributed by atoms with van der Waals surface area (Å²) in [6.45, 7) is 0. The van der Waals surface area contributed by atoms with Crippen LogP contribution >= 0.6 is 23.4 Å². The molecule has 15 heavy (non-hydrogen) atoms. The lowest BCUT2D eigenvalue weighted by atomic mass is 10.4. The van der Waals surface area contributed by atoms with E-state index in [-0.39, 0.29) is 0 Å². The van der Waals surface area contributed by atoms with Crippen molar-refractivity contribution in [3.63, 3.8) is 0 Å². The van der Waals surface area contributed by atoms with E-state index in [2.05, 4.69) is 15.0 Å². The zero-order chi connectivity index (χ0) is 10.7. The number of hydrogen-bond donors (Lipinski definition) is 1. The first kappa shape index (κ1) is 10.2. The van der Waals surface area contributed by atoms with Crippen molar-refractivity contribution >= 4 is 29.1 Å². The Hall–Kier alpha value is -1.33. The third-order valence-electron chi connectivity index (χ3n) is 1.60. The van der Waals surface area contributed by atoms with E-state index in [9.17, 15) is 0 Å². The smallest absolute Gasteiger partial charge is 0.125 e. The molecule has 0 radical (unpaired) electrons. The maximum atomic E-state index is 5.76. The Morgan fingerprint density at radius 1 is 1.33 bits per heavy atom. The van der Waals surface area contributed by atoms with Crippen LogP contribution in [0.1, 0.15) is 0 Å². The van der Waals surface area contributed by atoms with Gasteiger partial charge in [0.15, 0.2) is 0 Å². The third-order valence-corrected chi connectivity index (χ3v) is 2.79. The Labute approximate surface area is 95.9 Å². The molecule has 0 spiro atoms. The van der Waals surface area contributed by atoms with Gasteiger partial charge in [-0.3, -0.25) is 0 Å². The first-order chi connectivity index (χ1) is 7.25. The summed E-state index contributed by atoms with van der Waals surface area (Å²) in [6.07, 6.45) is 4.71. The zero-order valence-electron chi connectivity index (χ0n) is 7.59. The lowest BCUT2D eigenvalue weighted by Gasteiger charge is -2.02. The summed E-state index contributed by atoms with van der Waals surface area (Å²) in [4.78, 5) is 12.0. The molecule has 0 fully saturated rings. The fourth-order valence-corrected chi connectivity index (χ4v) is 1.84. The maximum Gasteiger partial charge on any atom is 0.125 e. The van der Waals surface area contributed by atoms with E-state index in [1.165, 1.54) is 18.1 Å². The Morgan fingerprint density at radius 3 is 2.87 bits per heavy atom. The van der Waals surface area contributed by atoms with E-state index in [0.29, 0.717) is 15.7 Å². The minimum atomic E-state index is 0.527. The molecule has 2 N–H and O–H groups in total. The molecule has 0 atom stereocenters. The molecule has 4 nitrogen and oxygen atoms in total. The molecule has 0 saturated carbocycles. The standard InChI is InChI=1S/C9H7ClN4S/c10-6-3-7(11)9(13-4-6)15-8-1-2-12-5-14-8/h1-5H,11H2. The Morgan fingerprint density at radius 2 is 2.20 bits per heavy atom. The predicted octanol–water partition coefficient (Wildman–Crippen LogP) is 2.26. The van der Waals surface area contributed by atoms with Crippen molar-refractivity contribution < 1.29 is 0 Å². The molecule has 0 saturated heterocycles. The van der Waals surface area contributed by atoms with Gasteiger partial charge in [-0.2, -0.15) is 0 Å². The highest BCUT2D eigenvalue weighted by Gasteiger charge is 2.04. The monoisotopic (exact) mass is 238 g/mol. The van der Waals surface area contributed by atoms with Gasteiger partial charge < -0.3 is 5.73 Å². The molecule has 0 aliphatic heterocycles. The molecule has 0 aliphatic rings. The van der Waals surface area contributed by atoms with E-state index in [1.54, 1.807) is 24.5 Å². The van der Waals surface area contributed by atoms with E-state index < -0.39 is 0 Å². The number of pyridine rings is 1. The van der Waals surface area contributed by atoms with Crippen LogP contribution in [0.4, 0.5) is 5.69 Å². The van der Waals surface area contributed by atoms with Crippen LogP contribution in [0.25, 0.3) is 0 Å². The van der Waals surface area contributed by atoms with Crippen LogP contribution < -0.4 is 5.73 Å². The van der Waals surface area contributed by atoms with Crippen LogP contribution in [-0.4, -0.2) is 15.0 Å². The number of anilines is 1. The Kier molecular flexibility index (Phi) is 3.03. The van der Waals surface area contributed by atoms with E-state index >= 15 is 0 Å². The van der Waals surface area contributed by atoms with Gasteiger partial charge in [-0.25, -0.2) is 15.0 Å². The van der Waals surface area contributed by atoms with Crippen LogP contribution in [0.3, 0.4) is 0 Å². The molecule has 0 aliphatic carbocycles. The van der Waals surface area contributed by atoms with Gasteiger partial charge in [-0.05, 0) is 23.9 Å². The number of nitrogens with zero attached hydrogens (tertiary/aromatic N) is 3. The highest BCUT2D eigenvalue weighted by atomic mass is 35.5. The van der Waals surface area contributed by atoms with Crippen LogP contribution in [0, 0.1) is 0 Å². The van der Waals surface area contributed by atoms with E-state index in [1.807, 2.05) is 0 Å². The van der Waals surface area contributed by atoms with Gasteiger partial charge in [-0.15, -0.1) is 0 Å². The lowest BCUT2D eigenvalue weighted by Crippen LogP contribution is -1.92. The lowest BCUT2D eigenvalue weighted by molar-refractivity contribution is 1.04. The average Bonchev–Trinajstić information content (AvgIpc) is 2.24. The highest BCUT2D eigenvalue weighted by Crippen LogP contribution is 2.29. The van der Waals surface area contributed by atoms with Crippen LogP contribution in [0.15, 0.2) is 40.9 Å². The van der Waals surface area contributed by atoms with E-state index in [4.69, 9.17) is 17.3 Å². The number of aromatic nitrogens is 3. The molecule has 6 heteroatoms. The van der Waals surface area contributed by atoms with Crippen molar-refractivity contribution in [2.24, 2.45) is 0 Å². The first-order valence-electron chi connectivity index (χ1n) is 4.10. The van der Waals surface area contributed by atoms with Gasteiger partial charge in [0.05, 0.1) is 10.7 Å². The number of halogens is 1. The normalized spacial score (nSPS) is 10.2. The topological polar surface area (TPSA) is 64.7 Å². The molecule has 2 aromatic rings. The molecule has 0 aromatic carbocycles. The summed E-state index contributed by atoms with van der Waals surface area (Å²) in [5, 5.41) is 2.02. The summed E-state index contributed by atoms with van der Waals surface area (Å²) in [5.41, 5.74) is 6.31. The van der Waals surface area contributed by atoms with Crippen molar-refractivity contribution in [1.29, 1.82) is 0 Å². The molecular weight excluding hydrogens is 232 g/mol. The zero-order valence-corrected chi connectivity index (χ0v) is 9.16. The van der Waals surface area contributed by atoms with Gasteiger partial charge in [0.25, 0.3) is 0 Å². The molecule has 2 aromatic heterocycles. The number of nitrogen functional groups attached to an aromatic ring is 1. The van der Waals surface area contributed by atoms with Crippen molar-refractivity contribution in [3.05, 3.63) is 35.9 Å². The van der Waals surface area contributed by atoms with Gasteiger partial charge in [0.2, 0.25) is 0 Å². The third kappa shape index (κ3) is 2.57. The quantitative estimate of drug-likeness (QED) is 0.813. The fraction of sp³-hybridized carbons (Fsp3) is 0. The number of nitrogens with two attached hydrogens (primary N) is 1. The van der Waals surface area contributed by atoms with Crippen LogP contribution in [0.2, 0.25) is 5.02 Å². The van der Waals surface area contributed by atoms with Gasteiger partial charge in [-0.1, -0.05) is 11.6 Å². The summed E-state index contributed by atoms with van der Waals surface area (Å²) < 4.78 is 0. The summed E-state index contributed by atoms with van der Waals surface area (Å²) in [7, 11) is 0. The second kappa shape index (κ2) is 4.46. The molecular formula is C9H7ClN4S. The molecule has 0 bridgehead atoms. The minimum Gasteiger partial charge on any atom is -0.396 e. The van der Waals surface area contributed by atoms with Gasteiger partial charge in [0, 0.05) is 12.4 Å². The largest absolute Gasteiger partial charge is 0.396 e. The Balaban J connectivity index is 2.25. The predicted molar refractivity (Wildman–Crippen MR) is 59.8 cm³/mol. The van der Waals surface area contributed by atoms with Crippen molar-refractivity contribution in [1.82, 2.24) is 15.0 Å². The number of rotatable bonds is 2. The highest BCUT2D eigenvalue weighted by molar-refractivity contribution is 7.99. The van der Waals surface area contributed by atoms with Crippen molar-refractivity contribution in [3.8, 4) is 0 Å². The van der Waals surface area contributed by atoms with Crippen molar-refractivity contribution in [2.45, 2.75) is 10.1 Å². The SMILES string of the molecule is Nc1cc(Cl)cnc1Sc1ccncn1. The maximum absolute atomic E-state index is 5.76. The van der Waals surface area contributed by atoms with Crippen LogP contribution in [0.5, 0.6) is 0 Å². The molecule has 76 valence electrons. The Bertz CT molecular complexity index is 463. The van der Waals surface area contributed by atoms with Gasteiger partial charge >= 0.3 is 0 Å². The molecule has 0 unspecified atom stereocenters. The summed E-state index contributed by atoms with van der Waals surface area (Å²) in [6, 6.07) is 3.46. The van der Waals surface area contributed by atoms with Gasteiger partial charge in [0.1, 0.15) is 16.4 Å². The molecule has 0 amide bonds. The average molecular weight is 239 g/mol. The summed E-state index contributed by atoms with van der Waals surface area (Å²) >= 11 is 7.12.